The minimum atomic E-state index is 0.0306. The number of fused-ring (bicyclic) bond motifs is 2. The van der Waals surface area contributed by atoms with Gasteiger partial charge >= 0.3 is 0 Å². The summed E-state index contributed by atoms with van der Waals surface area (Å²) in [6.45, 7) is 0. The zero-order valence-electron chi connectivity index (χ0n) is 14.8. The van der Waals surface area contributed by atoms with Crippen LogP contribution in [0.2, 0.25) is 0 Å². The summed E-state index contributed by atoms with van der Waals surface area (Å²) in [5, 5.41) is 7.72. The normalized spacial score (nSPS) is 33.4. The summed E-state index contributed by atoms with van der Waals surface area (Å²) in [5.41, 5.74) is 0.669. The van der Waals surface area contributed by atoms with Crippen LogP contribution in [0.1, 0.15) is 48.9 Å². The van der Waals surface area contributed by atoms with Gasteiger partial charge in [0.15, 0.2) is 0 Å². The molecule has 2 aromatic heterocycles. The molecule has 132 valence electrons. The van der Waals surface area contributed by atoms with E-state index < -0.39 is 0 Å². The van der Waals surface area contributed by atoms with E-state index in [2.05, 4.69) is 10.4 Å². The SMILES string of the molecule is Cn1ncc(C(=O)N[C@H]2CCC3CC4CC(C3)C2C4)c1-n1cccc1. The number of hydrogen-bond donors (Lipinski definition) is 1. The molecule has 0 spiro atoms. The standard InChI is InChI=1S/C20H26N4O/c1-23-20(24-6-2-3-7-24)17(12-21-23)19(25)22-18-5-4-13-8-14-10-15(9-13)16(18)11-14/h2-3,6-7,12-16,18H,4-5,8-11H2,1H3,(H,22,25)/t13?,14?,15?,16?,18-/m0/s1. The topological polar surface area (TPSA) is 51.9 Å². The maximum atomic E-state index is 13.1. The van der Waals surface area contributed by atoms with Crippen LogP contribution in [-0.2, 0) is 7.05 Å². The van der Waals surface area contributed by atoms with Gasteiger partial charge in [0.1, 0.15) is 11.4 Å². The minimum Gasteiger partial charge on any atom is -0.349 e. The number of carbonyl (C=O) groups is 1. The minimum absolute atomic E-state index is 0.0306. The Bertz CT molecular complexity index is 778. The van der Waals surface area contributed by atoms with Crippen LogP contribution in [0.15, 0.2) is 30.7 Å². The maximum Gasteiger partial charge on any atom is 0.256 e. The van der Waals surface area contributed by atoms with E-state index in [0.717, 1.165) is 30.0 Å². The summed E-state index contributed by atoms with van der Waals surface area (Å²) in [6.07, 6.45) is 13.6. The summed E-state index contributed by atoms with van der Waals surface area (Å²) >= 11 is 0. The maximum absolute atomic E-state index is 13.1. The fourth-order valence-corrected chi connectivity index (χ4v) is 5.89. The number of aryl methyl sites for hydroxylation is 1. The summed E-state index contributed by atoms with van der Waals surface area (Å²) in [5.74, 6) is 4.22. The smallest absolute Gasteiger partial charge is 0.256 e. The summed E-state index contributed by atoms with van der Waals surface area (Å²) in [7, 11) is 1.89. The second-order valence-corrected chi connectivity index (χ2v) is 8.35. The zero-order valence-corrected chi connectivity index (χ0v) is 14.8. The monoisotopic (exact) mass is 338 g/mol. The molecule has 2 aromatic rings. The molecule has 0 aliphatic heterocycles. The molecule has 4 unspecified atom stereocenters. The van der Waals surface area contributed by atoms with Crippen molar-refractivity contribution in [1.29, 1.82) is 0 Å². The van der Waals surface area contributed by atoms with Gasteiger partial charge in [-0.25, -0.2) is 0 Å². The van der Waals surface area contributed by atoms with E-state index in [4.69, 9.17) is 0 Å². The third kappa shape index (κ3) is 2.52. The van der Waals surface area contributed by atoms with Crippen molar-refractivity contribution in [1.82, 2.24) is 19.7 Å². The summed E-state index contributed by atoms with van der Waals surface area (Å²) < 4.78 is 3.73. The molecule has 3 saturated carbocycles. The van der Waals surface area contributed by atoms with E-state index in [1.165, 1.54) is 32.1 Å². The fraction of sp³-hybridized carbons (Fsp3) is 0.600. The number of carbonyl (C=O) groups excluding carboxylic acids is 1. The van der Waals surface area contributed by atoms with E-state index in [9.17, 15) is 4.79 Å². The number of aromatic nitrogens is 3. The highest BCUT2D eigenvalue weighted by Gasteiger charge is 2.46. The van der Waals surface area contributed by atoms with Crippen LogP contribution in [0, 0.1) is 23.7 Å². The Morgan fingerprint density at radius 3 is 2.76 bits per heavy atom. The van der Waals surface area contributed by atoms with Gasteiger partial charge in [-0.2, -0.15) is 5.10 Å². The molecule has 5 heteroatoms. The number of hydrogen-bond acceptors (Lipinski definition) is 2. The van der Waals surface area contributed by atoms with Crippen molar-refractivity contribution in [2.24, 2.45) is 30.7 Å². The molecule has 3 aliphatic rings. The Labute approximate surface area is 148 Å². The number of nitrogens with zero attached hydrogens (tertiary/aromatic N) is 3. The summed E-state index contributed by atoms with van der Waals surface area (Å²) in [4.78, 5) is 13.1. The van der Waals surface area contributed by atoms with Crippen LogP contribution in [-0.4, -0.2) is 26.3 Å². The van der Waals surface area contributed by atoms with Gasteiger partial charge in [-0.05, 0) is 74.3 Å². The molecule has 3 aliphatic carbocycles. The Kier molecular flexibility index (Phi) is 3.50. The van der Waals surface area contributed by atoms with Crippen molar-refractivity contribution in [2.45, 2.75) is 44.6 Å². The first kappa shape index (κ1) is 15.2. The lowest BCUT2D eigenvalue weighted by molar-refractivity contribution is 0.0912. The van der Waals surface area contributed by atoms with E-state index in [1.54, 1.807) is 10.9 Å². The van der Waals surface area contributed by atoms with Gasteiger partial charge in [-0.1, -0.05) is 0 Å². The van der Waals surface area contributed by atoms with Crippen molar-refractivity contribution in [2.75, 3.05) is 0 Å². The van der Waals surface area contributed by atoms with E-state index >= 15 is 0 Å². The highest BCUT2D eigenvalue weighted by Crippen LogP contribution is 2.53. The molecule has 3 bridgehead atoms. The first-order valence-corrected chi connectivity index (χ1v) is 9.65. The van der Waals surface area contributed by atoms with Crippen LogP contribution in [0.25, 0.3) is 5.82 Å². The molecule has 2 heterocycles. The second-order valence-electron chi connectivity index (χ2n) is 8.35. The molecule has 3 fully saturated rings. The van der Waals surface area contributed by atoms with Crippen LogP contribution in [0.3, 0.4) is 0 Å². The molecular formula is C20H26N4O. The third-order valence-electron chi connectivity index (χ3n) is 6.87. The molecule has 25 heavy (non-hydrogen) atoms. The first-order valence-electron chi connectivity index (χ1n) is 9.65. The van der Waals surface area contributed by atoms with Crippen LogP contribution < -0.4 is 5.32 Å². The van der Waals surface area contributed by atoms with E-state index in [0.29, 0.717) is 17.5 Å². The average Bonchev–Trinajstić information content (AvgIpc) is 3.28. The predicted octanol–water partition coefficient (Wildman–Crippen LogP) is 3.16. The molecule has 0 radical (unpaired) electrons. The Morgan fingerprint density at radius 1 is 1.12 bits per heavy atom. The highest BCUT2D eigenvalue weighted by molar-refractivity contribution is 5.97. The quantitative estimate of drug-likeness (QED) is 0.935. The van der Waals surface area contributed by atoms with Gasteiger partial charge in [0.2, 0.25) is 0 Å². The molecule has 5 nitrogen and oxygen atoms in total. The molecule has 0 aromatic carbocycles. The van der Waals surface area contributed by atoms with E-state index in [-0.39, 0.29) is 5.91 Å². The van der Waals surface area contributed by atoms with Crippen molar-refractivity contribution in [3.8, 4) is 5.82 Å². The molecular weight excluding hydrogens is 312 g/mol. The lowest BCUT2D eigenvalue weighted by Gasteiger charge is -2.27. The number of nitrogens with one attached hydrogen (secondary N) is 1. The van der Waals surface area contributed by atoms with Crippen molar-refractivity contribution >= 4 is 5.91 Å². The van der Waals surface area contributed by atoms with Gasteiger partial charge in [0.25, 0.3) is 5.91 Å². The molecule has 0 saturated heterocycles. The summed E-state index contributed by atoms with van der Waals surface area (Å²) in [6, 6.07) is 4.27. The number of amides is 1. The Hall–Kier alpha value is -2.04. The van der Waals surface area contributed by atoms with Gasteiger partial charge in [0.05, 0.1) is 6.20 Å². The molecule has 5 rings (SSSR count). The van der Waals surface area contributed by atoms with Crippen LogP contribution in [0.5, 0.6) is 0 Å². The average molecular weight is 338 g/mol. The molecule has 5 atom stereocenters. The zero-order chi connectivity index (χ0) is 17.0. The van der Waals surface area contributed by atoms with Crippen molar-refractivity contribution in [3.63, 3.8) is 0 Å². The molecule has 1 amide bonds. The van der Waals surface area contributed by atoms with Crippen LogP contribution >= 0.6 is 0 Å². The lowest BCUT2D eigenvalue weighted by atomic mass is 9.80. The van der Waals surface area contributed by atoms with Crippen molar-refractivity contribution in [3.05, 3.63) is 36.3 Å². The highest BCUT2D eigenvalue weighted by atomic mass is 16.1. The van der Waals surface area contributed by atoms with Gasteiger partial charge in [-0.15, -0.1) is 0 Å². The number of rotatable bonds is 3. The van der Waals surface area contributed by atoms with Gasteiger partial charge in [0, 0.05) is 25.5 Å². The van der Waals surface area contributed by atoms with Crippen LogP contribution in [0.4, 0.5) is 0 Å². The van der Waals surface area contributed by atoms with E-state index in [1.807, 2.05) is 36.1 Å². The third-order valence-corrected chi connectivity index (χ3v) is 6.87. The second kappa shape index (κ2) is 5.75. The predicted molar refractivity (Wildman–Crippen MR) is 95.5 cm³/mol. The first-order chi connectivity index (χ1) is 12.2. The Morgan fingerprint density at radius 2 is 1.92 bits per heavy atom. The van der Waals surface area contributed by atoms with Gasteiger partial charge in [-0.3, -0.25) is 9.48 Å². The van der Waals surface area contributed by atoms with Gasteiger partial charge < -0.3 is 9.88 Å². The lowest BCUT2D eigenvalue weighted by Crippen LogP contribution is -2.41. The largest absolute Gasteiger partial charge is 0.349 e. The fourth-order valence-electron chi connectivity index (χ4n) is 5.89. The molecule has 1 N–H and O–H groups in total. The Balaban J connectivity index is 1.39. The van der Waals surface area contributed by atoms with Crippen molar-refractivity contribution < 1.29 is 4.79 Å².